The zero-order valence-corrected chi connectivity index (χ0v) is 12.9. The smallest absolute Gasteiger partial charge is 0.224 e. The van der Waals surface area contributed by atoms with E-state index in [1.807, 2.05) is 43.1 Å². The number of rotatable bonds is 5. The maximum Gasteiger partial charge on any atom is 0.224 e. The Labute approximate surface area is 124 Å². The van der Waals surface area contributed by atoms with Crippen molar-refractivity contribution in [3.8, 4) is 5.75 Å². The van der Waals surface area contributed by atoms with Crippen molar-refractivity contribution in [1.29, 1.82) is 0 Å². The third-order valence-electron chi connectivity index (χ3n) is 3.45. The predicted molar refractivity (Wildman–Crippen MR) is 83.2 cm³/mol. The van der Waals surface area contributed by atoms with Crippen molar-refractivity contribution in [2.75, 3.05) is 32.2 Å². The van der Waals surface area contributed by atoms with Crippen molar-refractivity contribution in [2.45, 2.75) is 19.0 Å². The molecule has 0 aliphatic carbocycles. The average molecular weight is 294 g/mol. The molecule has 1 aromatic rings. The lowest BCUT2D eigenvalue weighted by molar-refractivity contribution is -0.130. The Morgan fingerprint density at radius 1 is 1.50 bits per heavy atom. The van der Waals surface area contributed by atoms with E-state index >= 15 is 0 Å². The maximum atomic E-state index is 12.3. The fourth-order valence-corrected chi connectivity index (χ4v) is 3.24. The van der Waals surface area contributed by atoms with Gasteiger partial charge in [-0.3, -0.25) is 4.79 Å². The van der Waals surface area contributed by atoms with E-state index in [0.29, 0.717) is 19.0 Å². The number of benzene rings is 1. The number of carbonyl (C=O) groups excluding carboxylic acids is 1. The zero-order valence-electron chi connectivity index (χ0n) is 12.1. The van der Waals surface area contributed by atoms with Crippen molar-refractivity contribution in [2.24, 2.45) is 0 Å². The van der Waals surface area contributed by atoms with Gasteiger partial charge < -0.3 is 15.0 Å². The number of para-hydroxylation sites is 1. The minimum atomic E-state index is 0.177. The molecule has 1 unspecified atom stereocenters. The van der Waals surface area contributed by atoms with Gasteiger partial charge in [-0.2, -0.15) is 11.8 Å². The highest BCUT2D eigenvalue weighted by molar-refractivity contribution is 7.99. The summed E-state index contributed by atoms with van der Waals surface area (Å²) in [5.41, 5.74) is 1.04. The number of hydrogen-bond acceptors (Lipinski definition) is 4. The summed E-state index contributed by atoms with van der Waals surface area (Å²) in [6.45, 7) is 1.58. The van der Waals surface area contributed by atoms with Gasteiger partial charge in [0.2, 0.25) is 5.91 Å². The number of thioether (sulfide) groups is 1. The van der Waals surface area contributed by atoms with E-state index in [-0.39, 0.29) is 5.91 Å². The number of methoxy groups -OCH3 is 1. The summed E-state index contributed by atoms with van der Waals surface area (Å²) in [6.07, 6.45) is 0.568. The number of carbonyl (C=O) groups is 1. The third kappa shape index (κ3) is 4.15. The Morgan fingerprint density at radius 2 is 2.30 bits per heavy atom. The largest absolute Gasteiger partial charge is 0.496 e. The Morgan fingerprint density at radius 3 is 3.00 bits per heavy atom. The Balaban J connectivity index is 1.89. The molecular formula is C15H22N2O2S. The summed E-state index contributed by atoms with van der Waals surface area (Å²) >= 11 is 1.91. The molecule has 1 saturated heterocycles. The molecule has 0 saturated carbocycles. The van der Waals surface area contributed by atoms with Crippen LogP contribution in [-0.4, -0.2) is 49.1 Å². The number of nitrogens with one attached hydrogen (secondary N) is 1. The molecule has 2 rings (SSSR count). The van der Waals surface area contributed by atoms with Crippen LogP contribution in [0.2, 0.25) is 0 Å². The summed E-state index contributed by atoms with van der Waals surface area (Å²) in [5, 5.41) is 3.40. The molecule has 1 fully saturated rings. The molecule has 1 amide bonds. The Kier molecular flexibility index (Phi) is 5.73. The van der Waals surface area contributed by atoms with Gasteiger partial charge in [0.05, 0.1) is 7.11 Å². The molecule has 1 aliphatic heterocycles. The van der Waals surface area contributed by atoms with E-state index in [1.165, 1.54) is 0 Å². The molecule has 20 heavy (non-hydrogen) atoms. The molecular weight excluding hydrogens is 272 g/mol. The molecule has 0 bridgehead atoms. The van der Waals surface area contributed by atoms with Crippen LogP contribution < -0.4 is 10.1 Å². The van der Waals surface area contributed by atoms with Crippen LogP contribution in [0.15, 0.2) is 24.3 Å². The minimum Gasteiger partial charge on any atom is -0.496 e. The van der Waals surface area contributed by atoms with Crippen LogP contribution in [0, 0.1) is 0 Å². The Bertz CT molecular complexity index is 447. The van der Waals surface area contributed by atoms with Crippen LogP contribution in [0.25, 0.3) is 0 Å². The van der Waals surface area contributed by atoms with Crippen molar-refractivity contribution < 1.29 is 9.53 Å². The maximum absolute atomic E-state index is 12.3. The average Bonchev–Trinajstić information content (AvgIpc) is 2.48. The molecule has 1 N–H and O–H groups in total. The lowest BCUT2D eigenvalue weighted by atomic mass is 10.1. The quantitative estimate of drug-likeness (QED) is 0.898. The molecule has 5 heteroatoms. The lowest BCUT2D eigenvalue weighted by Crippen LogP contribution is -2.41. The molecule has 4 nitrogen and oxygen atoms in total. The van der Waals surface area contributed by atoms with Gasteiger partial charge >= 0.3 is 0 Å². The van der Waals surface area contributed by atoms with Crippen LogP contribution in [-0.2, 0) is 11.3 Å². The standard InChI is InChI=1S/C15H22N2O2S/c1-17(10-12-5-3-4-6-14(12)19-2)15(18)9-13-11-20-8-7-16-13/h3-6,13,16H,7-11H2,1-2H3. The lowest BCUT2D eigenvalue weighted by Gasteiger charge is -2.25. The number of nitrogens with zero attached hydrogens (tertiary/aromatic N) is 1. The van der Waals surface area contributed by atoms with Crippen LogP contribution in [0.5, 0.6) is 5.75 Å². The second-order valence-corrected chi connectivity index (χ2v) is 6.14. The molecule has 0 radical (unpaired) electrons. The van der Waals surface area contributed by atoms with Crippen molar-refractivity contribution in [3.63, 3.8) is 0 Å². The first kappa shape index (κ1) is 15.2. The summed E-state index contributed by atoms with van der Waals surface area (Å²) in [5.74, 6) is 3.17. The van der Waals surface area contributed by atoms with E-state index in [1.54, 1.807) is 12.0 Å². The van der Waals surface area contributed by atoms with Gasteiger partial charge in [-0.05, 0) is 6.07 Å². The SMILES string of the molecule is COc1ccccc1CN(C)C(=O)CC1CSCCN1. The van der Waals surface area contributed by atoms with E-state index < -0.39 is 0 Å². The first-order valence-corrected chi connectivity index (χ1v) is 8.03. The first-order valence-electron chi connectivity index (χ1n) is 6.87. The second kappa shape index (κ2) is 7.55. The number of hydrogen-bond donors (Lipinski definition) is 1. The van der Waals surface area contributed by atoms with E-state index in [4.69, 9.17) is 4.74 Å². The topological polar surface area (TPSA) is 41.6 Å². The minimum absolute atomic E-state index is 0.177. The van der Waals surface area contributed by atoms with Crippen LogP contribution in [0.3, 0.4) is 0 Å². The molecule has 1 atom stereocenters. The zero-order chi connectivity index (χ0) is 14.4. The van der Waals surface area contributed by atoms with Crippen LogP contribution in [0.4, 0.5) is 0 Å². The predicted octanol–water partition coefficient (Wildman–Crippen LogP) is 1.75. The molecule has 1 aromatic carbocycles. The number of ether oxygens (including phenoxy) is 1. The second-order valence-electron chi connectivity index (χ2n) is 4.99. The highest BCUT2D eigenvalue weighted by atomic mass is 32.2. The summed E-state index contributed by atoms with van der Waals surface area (Å²) < 4.78 is 5.32. The van der Waals surface area contributed by atoms with Gasteiger partial charge in [-0.15, -0.1) is 0 Å². The van der Waals surface area contributed by atoms with Crippen molar-refractivity contribution >= 4 is 17.7 Å². The number of amides is 1. The monoisotopic (exact) mass is 294 g/mol. The van der Waals surface area contributed by atoms with E-state index in [0.717, 1.165) is 29.4 Å². The van der Waals surface area contributed by atoms with Gasteiger partial charge in [-0.1, -0.05) is 18.2 Å². The van der Waals surface area contributed by atoms with Gasteiger partial charge in [-0.25, -0.2) is 0 Å². The van der Waals surface area contributed by atoms with E-state index in [9.17, 15) is 4.79 Å². The first-order chi connectivity index (χ1) is 9.70. The van der Waals surface area contributed by atoms with Gasteiger partial charge in [0.25, 0.3) is 0 Å². The molecule has 110 valence electrons. The molecule has 1 aliphatic rings. The molecule has 0 aromatic heterocycles. The van der Waals surface area contributed by atoms with Crippen molar-refractivity contribution in [3.05, 3.63) is 29.8 Å². The highest BCUT2D eigenvalue weighted by Gasteiger charge is 2.19. The van der Waals surface area contributed by atoms with Crippen molar-refractivity contribution in [1.82, 2.24) is 10.2 Å². The van der Waals surface area contributed by atoms with Crippen LogP contribution in [0.1, 0.15) is 12.0 Å². The summed E-state index contributed by atoms with van der Waals surface area (Å²) in [6, 6.07) is 8.13. The summed E-state index contributed by atoms with van der Waals surface area (Å²) in [4.78, 5) is 14.0. The highest BCUT2D eigenvalue weighted by Crippen LogP contribution is 2.19. The summed E-state index contributed by atoms with van der Waals surface area (Å²) in [7, 11) is 3.51. The van der Waals surface area contributed by atoms with Crippen LogP contribution >= 0.6 is 11.8 Å². The fraction of sp³-hybridized carbons (Fsp3) is 0.533. The van der Waals surface area contributed by atoms with E-state index in [2.05, 4.69) is 5.32 Å². The van der Waals surface area contributed by atoms with Gasteiger partial charge in [0.15, 0.2) is 0 Å². The van der Waals surface area contributed by atoms with Gasteiger partial charge in [0, 0.05) is 49.7 Å². The normalized spacial score (nSPS) is 18.6. The fourth-order valence-electron chi connectivity index (χ4n) is 2.29. The molecule has 1 heterocycles. The third-order valence-corrected chi connectivity index (χ3v) is 4.58. The van der Waals surface area contributed by atoms with Gasteiger partial charge in [0.1, 0.15) is 5.75 Å². The Hall–Kier alpha value is -1.20. The molecule has 0 spiro atoms.